The van der Waals surface area contributed by atoms with E-state index in [-0.39, 0.29) is 5.82 Å². The van der Waals surface area contributed by atoms with Crippen molar-refractivity contribution >= 4 is 5.91 Å². The van der Waals surface area contributed by atoms with Crippen LogP contribution in [0.5, 0.6) is 0 Å². The Labute approximate surface area is 170 Å². The summed E-state index contributed by atoms with van der Waals surface area (Å²) in [6.45, 7) is -0.182. The zero-order valence-corrected chi connectivity index (χ0v) is 15.2. The lowest BCUT2D eigenvalue weighted by molar-refractivity contribution is -0.449. The smallest absolute Gasteiger partial charge is 0.350 e. The number of hydrogen-bond donors (Lipinski definition) is 2. The second kappa shape index (κ2) is 8.06. The fraction of sp³-hybridized carbons (Fsp3) is 0.833. The molecule has 192 valence electrons. The van der Waals surface area contributed by atoms with Gasteiger partial charge in [0.1, 0.15) is 0 Å². The number of amides is 1. The number of aromatic amines is 1. The third-order valence-corrected chi connectivity index (χ3v) is 3.98. The quantitative estimate of drug-likeness (QED) is 0.483. The van der Waals surface area contributed by atoms with E-state index in [2.05, 4.69) is 15.4 Å². The molecule has 33 heavy (non-hydrogen) atoms. The topological polar surface area (TPSA) is 83.6 Å². The Morgan fingerprint density at radius 3 is 1.61 bits per heavy atom. The minimum atomic E-state index is -8.45. The molecule has 2 N–H and O–H groups in total. The number of alkyl halides is 15. The van der Waals surface area contributed by atoms with Crippen molar-refractivity contribution in [3.63, 3.8) is 0 Å². The van der Waals surface area contributed by atoms with E-state index in [4.69, 9.17) is 0 Å². The molecule has 0 aliphatic carbocycles. The number of rotatable bonds is 9. The zero-order valence-electron chi connectivity index (χ0n) is 15.2. The molecular weight excluding hydrogens is 515 g/mol. The van der Waals surface area contributed by atoms with Gasteiger partial charge in [-0.25, -0.2) is 0 Å². The first kappa shape index (κ1) is 28.5. The minimum Gasteiger partial charge on any atom is -0.350 e. The van der Waals surface area contributed by atoms with Gasteiger partial charge in [-0.2, -0.15) is 71.1 Å². The molecule has 1 heterocycles. The predicted molar refractivity (Wildman–Crippen MR) is 71.3 cm³/mol. The second-order valence-electron chi connectivity index (χ2n) is 6.33. The molecule has 0 bridgehead atoms. The molecule has 0 aromatic carbocycles. The van der Waals surface area contributed by atoms with Crippen molar-refractivity contribution in [1.29, 1.82) is 0 Å². The summed E-state index contributed by atoms with van der Waals surface area (Å²) >= 11 is 0. The lowest BCUT2D eigenvalue weighted by Crippen LogP contribution is -2.74. The summed E-state index contributed by atoms with van der Waals surface area (Å²) in [5, 5.41) is 12.1. The van der Waals surface area contributed by atoms with Crippen LogP contribution < -0.4 is 5.32 Å². The van der Waals surface area contributed by atoms with Crippen LogP contribution in [0.1, 0.15) is 18.7 Å². The van der Waals surface area contributed by atoms with Crippen LogP contribution in [-0.4, -0.2) is 74.8 Å². The maximum atomic E-state index is 13.7. The van der Waals surface area contributed by atoms with Crippen molar-refractivity contribution in [2.24, 2.45) is 0 Å². The van der Waals surface area contributed by atoms with Crippen molar-refractivity contribution in [3.05, 3.63) is 5.82 Å². The van der Waals surface area contributed by atoms with Crippen LogP contribution in [0.3, 0.4) is 0 Å². The molecule has 0 fully saturated rings. The first-order valence-corrected chi connectivity index (χ1v) is 7.76. The number of H-pyrrole nitrogens is 1. The fourth-order valence-electron chi connectivity index (χ4n) is 1.94. The number of nitrogens with zero attached hydrogens (tertiary/aromatic N) is 3. The fourth-order valence-corrected chi connectivity index (χ4v) is 1.94. The SMILES string of the molecule is CC(CNC(=O)C(F)(F)C(F)(F)C(F)(F)C(F)(F)C(F)(F)C(F)(F)C(F)(F)F)c1nn[nH]n1. The van der Waals surface area contributed by atoms with Gasteiger partial charge in [0.15, 0.2) is 5.82 Å². The van der Waals surface area contributed by atoms with E-state index in [1.54, 1.807) is 0 Å². The third kappa shape index (κ3) is 4.13. The van der Waals surface area contributed by atoms with E-state index in [1.807, 2.05) is 5.21 Å². The Morgan fingerprint density at radius 1 is 0.788 bits per heavy atom. The highest BCUT2D eigenvalue weighted by Crippen LogP contribution is 2.62. The van der Waals surface area contributed by atoms with Gasteiger partial charge in [-0.05, 0) is 0 Å². The van der Waals surface area contributed by atoms with Crippen molar-refractivity contribution in [2.45, 2.75) is 54.6 Å². The Hall–Kier alpha value is -2.51. The number of carbonyl (C=O) groups excluding carboxylic acids is 1. The van der Waals surface area contributed by atoms with Gasteiger partial charge in [-0.15, -0.1) is 10.2 Å². The number of aromatic nitrogens is 4. The van der Waals surface area contributed by atoms with Gasteiger partial charge in [0, 0.05) is 12.5 Å². The van der Waals surface area contributed by atoms with Crippen LogP contribution in [0.15, 0.2) is 0 Å². The highest BCUT2D eigenvalue weighted by atomic mass is 19.4. The first-order chi connectivity index (χ1) is 14.4. The van der Waals surface area contributed by atoms with Gasteiger partial charge in [-0.1, -0.05) is 12.1 Å². The molecule has 0 radical (unpaired) electrons. The van der Waals surface area contributed by atoms with Crippen molar-refractivity contribution < 1.29 is 70.7 Å². The molecule has 1 rings (SSSR count). The summed E-state index contributed by atoms with van der Waals surface area (Å²) in [6.07, 6.45) is -7.70. The molecule has 0 aliphatic rings. The molecule has 1 unspecified atom stereocenters. The van der Waals surface area contributed by atoms with Crippen LogP contribution in [0.2, 0.25) is 0 Å². The molecule has 0 spiro atoms. The van der Waals surface area contributed by atoms with Crippen LogP contribution >= 0.6 is 0 Å². The molecule has 1 amide bonds. The van der Waals surface area contributed by atoms with Gasteiger partial charge in [0.25, 0.3) is 5.91 Å². The monoisotopic (exact) mass is 523 g/mol. The standard InChI is InChI=1S/C12H8F15N5O/c1-3(4-29-31-32-30-4)2-28-5(33)6(13,14)7(15,16)8(17,18)9(19,20)10(21,22)11(23,24)12(25,26)27/h3H,2H2,1H3,(H,28,33)(H,29,30,31,32). The summed E-state index contributed by atoms with van der Waals surface area (Å²) in [5.41, 5.74) is 0. The molecule has 6 nitrogen and oxygen atoms in total. The zero-order chi connectivity index (χ0) is 26.5. The van der Waals surface area contributed by atoms with Gasteiger partial charge < -0.3 is 5.32 Å². The van der Waals surface area contributed by atoms with E-state index in [1.165, 1.54) is 0 Å². The maximum Gasteiger partial charge on any atom is 0.460 e. The van der Waals surface area contributed by atoms with E-state index >= 15 is 0 Å². The van der Waals surface area contributed by atoms with E-state index < -0.39 is 60.1 Å². The molecule has 0 aliphatic heterocycles. The van der Waals surface area contributed by atoms with Crippen LogP contribution in [-0.2, 0) is 4.79 Å². The van der Waals surface area contributed by atoms with Crippen molar-refractivity contribution in [2.75, 3.05) is 6.54 Å². The lowest BCUT2D eigenvalue weighted by Gasteiger charge is -2.41. The number of tetrazole rings is 1. The summed E-state index contributed by atoms with van der Waals surface area (Å²) in [7, 11) is 0. The highest BCUT2D eigenvalue weighted by molar-refractivity contribution is 5.84. The number of nitrogens with one attached hydrogen (secondary N) is 2. The van der Waals surface area contributed by atoms with Gasteiger partial charge in [0.05, 0.1) is 0 Å². The first-order valence-electron chi connectivity index (χ1n) is 7.76. The van der Waals surface area contributed by atoms with Crippen molar-refractivity contribution in [3.8, 4) is 0 Å². The molecule has 1 aromatic heterocycles. The Balaban J connectivity index is 3.31. The normalized spacial score (nSPS) is 16.0. The maximum absolute atomic E-state index is 13.7. The summed E-state index contributed by atoms with van der Waals surface area (Å²) in [4.78, 5) is 11.3. The van der Waals surface area contributed by atoms with Crippen LogP contribution in [0.4, 0.5) is 65.9 Å². The van der Waals surface area contributed by atoms with Gasteiger partial charge >= 0.3 is 41.7 Å². The lowest BCUT2D eigenvalue weighted by atomic mass is 9.90. The Bertz CT molecular complexity index is 835. The summed E-state index contributed by atoms with van der Waals surface area (Å²) in [5.74, 6) is -53.3. The Morgan fingerprint density at radius 2 is 1.21 bits per heavy atom. The highest BCUT2D eigenvalue weighted by Gasteiger charge is 2.94. The average Bonchev–Trinajstić information content (AvgIpc) is 3.18. The minimum absolute atomic E-state index is 0.378. The number of halogens is 15. The van der Waals surface area contributed by atoms with Crippen LogP contribution in [0, 0.1) is 0 Å². The van der Waals surface area contributed by atoms with E-state index in [0.29, 0.717) is 0 Å². The van der Waals surface area contributed by atoms with Gasteiger partial charge in [-0.3, -0.25) is 4.79 Å². The summed E-state index contributed by atoms with van der Waals surface area (Å²) in [6, 6.07) is 0. The molecule has 1 aromatic rings. The predicted octanol–water partition coefficient (Wildman–Crippen LogP) is 3.79. The molecule has 21 heteroatoms. The molecule has 0 saturated carbocycles. The number of hydrogen-bond acceptors (Lipinski definition) is 4. The second-order valence-corrected chi connectivity index (χ2v) is 6.33. The largest absolute Gasteiger partial charge is 0.460 e. The molecule has 1 atom stereocenters. The molecule has 0 saturated heterocycles. The summed E-state index contributed by atoms with van der Waals surface area (Å²) < 4.78 is 196. The van der Waals surface area contributed by atoms with E-state index in [0.717, 1.165) is 12.2 Å². The van der Waals surface area contributed by atoms with E-state index in [9.17, 15) is 70.7 Å². The van der Waals surface area contributed by atoms with Crippen LogP contribution in [0.25, 0.3) is 0 Å². The van der Waals surface area contributed by atoms with Crippen molar-refractivity contribution in [1.82, 2.24) is 25.9 Å². The Kier molecular flexibility index (Phi) is 6.97. The number of carbonyl (C=O) groups is 1. The molecular formula is C12H8F15N5O. The van der Waals surface area contributed by atoms with Gasteiger partial charge in [0.2, 0.25) is 0 Å². The third-order valence-electron chi connectivity index (χ3n) is 3.98. The average molecular weight is 523 g/mol.